The quantitative estimate of drug-likeness (QED) is 0.314. The molecule has 2 aliphatic rings. The highest BCUT2D eigenvalue weighted by Gasteiger charge is 2.30. The summed E-state index contributed by atoms with van der Waals surface area (Å²) in [5.41, 5.74) is 6.82. The van der Waals surface area contributed by atoms with Gasteiger partial charge < -0.3 is 5.32 Å². The van der Waals surface area contributed by atoms with E-state index in [1.165, 1.54) is 55.3 Å². The molecule has 2 atom stereocenters. The first kappa shape index (κ1) is 25.4. The van der Waals surface area contributed by atoms with Crippen LogP contribution < -0.4 is 5.32 Å². The van der Waals surface area contributed by atoms with E-state index in [2.05, 4.69) is 41.7 Å². The van der Waals surface area contributed by atoms with Gasteiger partial charge in [-0.15, -0.1) is 0 Å². The number of benzene rings is 2. The molecule has 36 heavy (non-hydrogen) atoms. The van der Waals surface area contributed by atoms with Gasteiger partial charge in [0.25, 0.3) is 0 Å². The van der Waals surface area contributed by atoms with Crippen molar-refractivity contribution < 1.29 is 0 Å². The maximum Gasteiger partial charge on any atom is 0.111 e. The van der Waals surface area contributed by atoms with Crippen LogP contribution in [-0.4, -0.2) is 15.8 Å². The molecule has 1 heterocycles. The summed E-state index contributed by atoms with van der Waals surface area (Å²) >= 11 is 12.9. The van der Waals surface area contributed by atoms with Crippen molar-refractivity contribution in [2.24, 2.45) is 5.92 Å². The second-order valence-corrected chi connectivity index (χ2v) is 11.5. The molecule has 0 spiro atoms. The monoisotopic (exact) mass is 521 g/mol. The minimum Gasteiger partial charge on any atom is -0.381 e. The Balaban J connectivity index is 1.53. The van der Waals surface area contributed by atoms with Crippen LogP contribution >= 0.6 is 23.2 Å². The molecular weight excluding hydrogens is 485 g/mol. The lowest BCUT2D eigenvalue weighted by atomic mass is 9.84. The van der Waals surface area contributed by atoms with Crippen LogP contribution in [0.15, 0.2) is 55.1 Å². The van der Waals surface area contributed by atoms with Crippen LogP contribution in [0.25, 0.3) is 11.4 Å². The van der Waals surface area contributed by atoms with Crippen molar-refractivity contribution in [3.8, 4) is 5.69 Å². The summed E-state index contributed by atoms with van der Waals surface area (Å²) in [5, 5.41) is 10.5. The number of hydrogen-bond donors (Lipinski definition) is 1. The molecule has 190 valence electrons. The van der Waals surface area contributed by atoms with Crippen molar-refractivity contribution in [2.75, 3.05) is 0 Å². The smallest absolute Gasteiger partial charge is 0.111 e. The fraction of sp³-hybridized carbons (Fsp3) is 0.452. The Bertz CT molecular complexity index is 1190. The normalized spacial score (nSPS) is 19.4. The van der Waals surface area contributed by atoms with E-state index < -0.39 is 0 Å². The van der Waals surface area contributed by atoms with Gasteiger partial charge in [0, 0.05) is 22.5 Å². The highest BCUT2D eigenvalue weighted by Crippen LogP contribution is 2.39. The number of fused-ring (bicyclic) bond motifs is 1. The third kappa shape index (κ3) is 5.53. The Morgan fingerprint density at radius 1 is 1.00 bits per heavy atom. The summed E-state index contributed by atoms with van der Waals surface area (Å²) in [6.45, 7) is 6.83. The Hall–Kier alpha value is -2.23. The third-order valence-electron chi connectivity index (χ3n) is 8.16. The van der Waals surface area contributed by atoms with Gasteiger partial charge in [-0.05, 0) is 81.2 Å². The number of halogens is 2. The predicted octanol–water partition coefficient (Wildman–Crippen LogP) is 8.76. The Morgan fingerprint density at radius 3 is 2.47 bits per heavy atom. The van der Waals surface area contributed by atoms with Crippen LogP contribution in [0.4, 0.5) is 0 Å². The average Bonchev–Trinajstić information content (AvgIpc) is 3.15. The molecule has 1 unspecified atom stereocenters. The predicted molar refractivity (Wildman–Crippen MR) is 152 cm³/mol. The zero-order valence-electron chi connectivity index (χ0n) is 21.3. The number of nitrogens with zero attached hydrogens (tertiary/aromatic N) is 2. The van der Waals surface area contributed by atoms with Crippen LogP contribution in [0.5, 0.6) is 0 Å². The first-order valence-corrected chi connectivity index (χ1v) is 14.3. The van der Waals surface area contributed by atoms with E-state index in [1.54, 1.807) is 0 Å². The zero-order valence-corrected chi connectivity index (χ0v) is 22.8. The summed E-state index contributed by atoms with van der Waals surface area (Å²) in [7, 11) is 0. The minimum absolute atomic E-state index is 0.352. The fourth-order valence-corrected chi connectivity index (χ4v) is 6.55. The van der Waals surface area contributed by atoms with Gasteiger partial charge in [-0.1, -0.05) is 79.7 Å². The molecule has 0 aliphatic heterocycles. The second kappa shape index (κ2) is 11.4. The lowest BCUT2D eigenvalue weighted by Crippen LogP contribution is -2.33. The van der Waals surface area contributed by atoms with Crippen LogP contribution in [0.2, 0.25) is 10.0 Å². The molecule has 3 aromatic rings. The molecule has 5 rings (SSSR count). The van der Waals surface area contributed by atoms with Gasteiger partial charge >= 0.3 is 0 Å². The van der Waals surface area contributed by atoms with Crippen LogP contribution in [-0.2, 0) is 12.8 Å². The van der Waals surface area contributed by atoms with Gasteiger partial charge in [-0.3, -0.25) is 0 Å². The van der Waals surface area contributed by atoms with E-state index in [4.69, 9.17) is 28.3 Å². The van der Waals surface area contributed by atoms with Gasteiger partial charge in [0.2, 0.25) is 0 Å². The van der Waals surface area contributed by atoms with Crippen LogP contribution in [0.1, 0.15) is 86.7 Å². The highest BCUT2D eigenvalue weighted by atomic mass is 35.5. The van der Waals surface area contributed by atoms with E-state index in [1.807, 2.05) is 30.3 Å². The topological polar surface area (TPSA) is 29.9 Å². The Morgan fingerprint density at radius 2 is 1.72 bits per heavy atom. The van der Waals surface area contributed by atoms with Crippen LogP contribution in [0, 0.1) is 5.92 Å². The number of rotatable bonds is 7. The molecule has 1 fully saturated rings. The molecule has 2 aliphatic carbocycles. The van der Waals surface area contributed by atoms with Gasteiger partial charge in [-0.2, -0.15) is 5.10 Å². The van der Waals surface area contributed by atoms with Gasteiger partial charge in [0.1, 0.15) is 5.69 Å². The zero-order chi connectivity index (χ0) is 25.1. The first-order chi connectivity index (χ1) is 17.5. The SMILES string of the molecule is C=C(N[C@@H](C)C1CCCCC1)c1nn(-c2ccccc2Cl)c2c1CCCCC2Cc1ccc(Cl)cc1. The number of nitrogens with one attached hydrogen (secondary N) is 1. The van der Waals surface area contributed by atoms with E-state index in [-0.39, 0.29) is 0 Å². The second-order valence-electron chi connectivity index (χ2n) is 10.7. The summed E-state index contributed by atoms with van der Waals surface area (Å²) in [6, 6.07) is 16.7. The molecule has 0 radical (unpaired) electrons. The molecule has 1 saturated carbocycles. The van der Waals surface area contributed by atoms with Crippen molar-refractivity contribution >= 4 is 28.9 Å². The molecule has 1 aromatic heterocycles. The fourth-order valence-electron chi connectivity index (χ4n) is 6.21. The van der Waals surface area contributed by atoms with Crippen molar-refractivity contribution in [1.29, 1.82) is 0 Å². The Kier molecular flexibility index (Phi) is 8.08. The number of para-hydroxylation sites is 1. The maximum atomic E-state index is 6.73. The molecular formula is C31H37Cl2N3. The minimum atomic E-state index is 0.352. The molecule has 0 amide bonds. The summed E-state index contributed by atoms with van der Waals surface area (Å²) in [6.07, 6.45) is 12.1. The molecule has 1 N–H and O–H groups in total. The van der Waals surface area contributed by atoms with E-state index in [0.717, 1.165) is 52.8 Å². The summed E-state index contributed by atoms with van der Waals surface area (Å²) in [4.78, 5) is 0. The molecule has 5 heteroatoms. The number of hydrogen-bond acceptors (Lipinski definition) is 2. The maximum absolute atomic E-state index is 6.73. The lowest BCUT2D eigenvalue weighted by molar-refractivity contribution is 0.299. The van der Waals surface area contributed by atoms with E-state index in [9.17, 15) is 0 Å². The van der Waals surface area contributed by atoms with Crippen LogP contribution in [0.3, 0.4) is 0 Å². The largest absolute Gasteiger partial charge is 0.381 e. The van der Waals surface area contributed by atoms with Gasteiger partial charge in [0.05, 0.1) is 22.1 Å². The molecule has 2 aromatic carbocycles. The highest BCUT2D eigenvalue weighted by molar-refractivity contribution is 6.32. The van der Waals surface area contributed by atoms with E-state index >= 15 is 0 Å². The third-order valence-corrected chi connectivity index (χ3v) is 8.73. The van der Waals surface area contributed by atoms with Crippen molar-refractivity contribution in [3.63, 3.8) is 0 Å². The summed E-state index contributed by atoms with van der Waals surface area (Å²) in [5.74, 6) is 1.06. The van der Waals surface area contributed by atoms with Crippen molar-refractivity contribution in [2.45, 2.75) is 83.1 Å². The lowest BCUT2D eigenvalue weighted by Gasteiger charge is -2.29. The molecule has 0 saturated heterocycles. The summed E-state index contributed by atoms with van der Waals surface area (Å²) < 4.78 is 2.12. The van der Waals surface area contributed by atoms with E-state index in [0.29, 0.717) is 17.9 Å². The molecule has 0 bridgehead atoms. The standard InChI is InChI=1S/C31H37Cl2N3/c1-21(24-10-4-3-5-11-24)34-22(2)30-27-13-7-6-12-25(20-23-16-18-26(32)19-17-23)31(27)36(35-30)29-15-9-8-14-28(29)33/h8-9,14-19,21,24-25,34H,2-7,10-13,20H2,1H3/t21-,25?/m0/s1. The first-order valence-electron chi connectivity index (χ1n) is 13.6. The average molecular weight is 523 g/mol. The van der Waals surface area contributed by atoms with Gasteiger partial charge in [0.15, 0.2) is 0 Å². The Labute approximate surface area is 225 Å². The molecule has 3 nitrogen and oxygen atoms in total. The van der Waals surface area contributed by atoms with Gasteiger partial charge in [-0.25, -0.2) is 4.68 Å². The van der Waals surface area contributed by atoms with Crippen molar-refractivity contribution in [3.05, 3.63) is 87.7 Å². The van der Waals surface area contributed by atoms with Crippen molar-refractivity contribution in [1.82, 2.24) is 15.1 Å². The number of aromatic nitrogens is 2.